The van der Waals surface area contributed by atoms with Gasteiger partial charge in [-0.2, -0.15) is 0 Å². The van der Waals surface area contributed by atoms with Crippen molar-refractivity contribution in [2.24, 2.45) is 5.92 Å². The Morgan fingerprint density at radius 3 is 2.14 bits per heavy atom. The molecule has 0 aliphatic rings. The Kier molecular flexibility index (Phi) is 19.7. The lowest BCUT2D eigenvalue weighted by Crippen LogP contribution is -2.25. The number of ether oxygens (including phenoxy) is 4. The highest BCUT2D eigenvalue weighted by Crippen LogP contribution is 2.14. The number of carbonyl (C=O) groups excluding carboxylic acids is 1. The van der Waals surface area contributed by atoms with E-state index in [0.717, 1.165) is 25.9 Å². The van der Waals surface area contributed by atoms with Gasteiger partial charge in [0.15, 0.2) is 0 Å². The minimum absolute atomic E-state index is 0.0439. The minimum Gasteiger partial charge on any atom is -0.478 e. The number of carboxylic acid groups (broad SMARTS) is 1. The smallest absolute Gasteiger partial charge is 0.339 e. The summed E-state index contributed by atoms with van der Waals surface area (Å²) >= 11 is 0. The second kappa shape index (κ2) is 22.1. The summed E-state index contributed by atoms with van der Waals surface area (Å²) in [5.41, 5.74) is -0.0252. The predicted molar refractivity (Wildman–Crippen MR) is 146 cm³/mol. The summed E-state index contributed by atoms with van der Waals surface area (Å²) < 4.78 is 23.0. The lowest BCUT2D eigenvalue weighted by molar-refractivity contribution is -0.0303. The first-order valence-electron chi connectivity index (χ1n) is 14.3. The summed E-state index contributed by atoms with van der Waals surface area (Å²) in [6.07, 6.45) is 12.1. The fourth-order valence-corrected chi connectivity index (χ4v) is 4.02. The molecule has 0 aliphatic carbocycles. The summed E-state index contributed by atoms with van der Waals surface area (Å²) in [5.74, 6) is -1.20. The standard InChI is InChI=1S/C30H50O7/c1-4-7-9-10-11-14-19-36-26(18-20-34-21-22-35-23-25(6-3)15-8-5-2)24-37-30(33)28-17-13-12-16-27(28)29(31)32/h12-13,16-17,25-26H,4-11,14-15,18-24H2,1-3H3,(H,31,32). The maximum Gasteiger partial charge on any atom is 0.339 e. The first-order valence-corrected chi connectivity index (χ1v) is 14.3. The summed E-state index contributed by atoms with van der Waals surface area (Å²) in [5, 5.41) is 9.34. The second-order valence-corrected chi connectivity index (χ2v) is 9.60. The molecular weight excluding hydrogens is 472 g/mol. The van der Waals surface area contributed by atoms with Crippen LogP contribution in [0.2, 0.25) is 0 Å². The number of aromatic carboxylic acids is 1. The number of carbonyl (C=O) groups is 2. The Bertz CT molecular complexity index is 722. The van der Waals surface area contributed by atoms with Crippen molar-refractivity contribution >= 4 is 11.9 Å². The van der Waals surface area contributed by atoms with E-state index < -0.39 is 11.9 Å². The zero-order chi connectivity index (χ0) is 27.1. The first-order chi connectivity index (χ1) is 18.0. The van der Waals surface area contributed by atoms with Crippen LogP contribution in [0.25, 0.3) is 0 Å². The van der Waals surface area contributed by atoms with Crippen LogP contribution in [0.15, 0.2) is 24.3 Å². The molecule has 0 bridgehead atoms. The Balaban J connectivity index is 2.43. The molecule has 0 spiro atoms. The number of rotatable bonds is 24. The molecule has 0 saturated heterocycles. The molecule has 0 amide bonds. The van der Waals surface area contributed by atoms with E-state index in [4.69, 9.17) is 18.9 Å². The van der Waals surface area contributed by atoms with Crippen molar-refractivity contribution in [3.63, 3.8) is 0 Å². The van der Waals surface area contributed by atoms with Gasteiger partial charge in [0.25, 0.3) is 0 Å². The molecule has 2 atom stereocenters. The van der Waals surface area contributed by atoms with Crippen LogP contribution < -0.4 is 0 Å². The van der Waals surface area contributed by atoms with Crippen molar-refractivity contribution in [2.75, 3.05) is 39.6 Å². The SMILES string of the molecule is CCCCCCCCOC(CCOCCOCC(CC)CCCC)COC(=O)c1ccccc1C(=O)O. The van der Waals surface area contributed by atoms with E-state index in [1.165, 1.54) is 57.1 Å². The van der Waals surface area contributed by atoms with Gasteiger partial charge in [0, 0.05) is 26.2 Å². The number of benzene rings is 1. The number of unbranched alkanes of at least 4 members (excludes halogenated alkanes) is 6. The van der Waals surface area contributed by atoms with Gasteiger partial charge in [-0.3, -0.25) is 0 Å². The highest BCUT2D eigenvalue weighted by atomic mass is 16.6. The van der Waals surface area contributed by atoms with Crippen molar-refractivity contribution in [3.8, 4) is 0 Å². The molecule has 0 fully saturated rings. The van der Waals surface area contributed by atoms with Crippen LogP contribution >= 0.6 is 0 Å². The fraction of sp³-hybridized carbons (Fsp3) is 0.733. The Morgan fingerprint density at radius 2 is 1.43 bits per heavy atom. The van der Waals surface area contributed by atoms with Crippen LogP contribution in [0, 0.1) is 5.92 Å². The molecule has 0 saturated carbocycles. The molecule has 0 radical (unpaired) electrons. The van der Waals surface area contributed by atoms with Gasteiger partial charge in [-0.15, -0.1) is 0 Å². The summed E-state index contributed by atoms with van der Waals surface area (Å²) in [6.45, 7) is 9.59. The molecule has 1 rings (SSSR count). The van der Waals surface area contributed by atoms with Gasteiger partial charge in [-0.1, -0.05) is 84.3 Å². The lowest BCUT2D eigenvalue weighted by Gasteiger charge is -2.19. The normalized spacial score (nSPS) is 12.8. The minimum atomic E-state index is -1.16. The average Bonchev–Trinajstić information content (AvgIpc) is 2.91. The predicted octanol–water partition coefficient (Wildman–Crippen LogP) is 6.93. The van der Waals surface area contributed by atoms with Gasteiger partial charge in [0.05, 0.1) is 30.4 Å². The van der Waals surface area contributed by atoms with Crippen LogP contribution in [0.4, 0.5) is 0 Å². The third-order valence-corrected chi connectivity index (χ3v) is 6.48. The van der Waals surface area contributed by atoms with Crippen molar-refractivity contribution in [1.82, 2.24) is 0 Å². The Labute approximate surface area is 224 Å². The van der Waals surface area contributed by atoms with Crippen molar-refractivity contribution in [3.05, 3.63) is 35.4 Å². The van der Waals surface area contributed by atoms with E-state index >= 15 is 0 Å². The van der Waals surface area contributed by atoms with E-state index in [1.54, 1.807) is 12.1 Å². The van der Waals surface area contributed by atoms with E-state index in [2.05, 4.69) is 20.8 Å². The monoisotopic (exact) mass is 522 g/mol. The summed E-state index contributed by atoms with van der Waals surface area (Å²) in [4.78, 5) is 24.0. The zero-order valence-corrected chi connectivity index (χ0v) is 23.4. The number of hydrogen-bond donors (Lipinski definition) is 1. The number of hydrogen-bond acceptors (Lipinski definition) is 6. The lowest BCUT2D eigenvalue weighted by atomic mass is 10.0. The topological polar surface area (TPSA) is 91.3 Å². The molecule has 1 aromatic rings. The zero-order valence-electron chi connectivity index (χ0n) is 23.4. The second-order valence-electron chi connectivity index (χ2n) is 9.60. The van der Waals surface area contributed by atoms with Crippen LogP contribution in [-0.2, 0) is 18.9 Å². The molecule has 212 valence electrons. The highest BCUT2D eigenvalue weighted by Gasteiger charge is 2.19. The molecule has 37 heavy (non-hydrogen) atoms. The summed E-state index contributed by atoms with van der Waals surface area (Å²) in [7, 11) is 0. The Morgan fingerprint density at radius 1 is 0.757 bits per heavy atom. The quantitative estimate of drug-likeness (QED) is 0.116. The van der Waals surface area contributed by atoms with Gasteiger partial charge in [0.2, 0.25) is 0 Å². The summed E-state index contributed by atoms with van der Waals surface area (Å²) in [6, 6.07) is 6.07. The number of esters is 1. The molecule has 0 aliphatic heterocycles. The van der Waals surface area contributed by atoms with Crippen LogP contribution in [0.5, 0.6) is 0 Å². The molecule has 1 aromatic carbocycles. The molecule has 0 aromatic heterocycles. The maximum absolute atomic E-state index is 12.6. The average molecular weight is 523 g/mol. The van der Waals surface area contributed by atoms with E-state index in [0.29, 0.717) is 38.8 Å². The largest absolute Gasteiger partial charge is 0.478 e. The number of carboxylic acids is 1. The van der Waals surface area contributed by atoms with Gasteiger partial charge in [-0.25, -0.2) is 9.59 Å². The molecular formula is C30H50O7. The van der Waals surface area contributed by atoms with Crippen LogP contribution in [0.3, 0.4) is 0 Å². The van der Waals surface area contributed by atoms with Crippen molar-refractivity contribution < 1.29 is 33.6 Å². The van der Waals surface area contributed by atoms with Gasteiger partial charge < -0.3 is 24.1 Å². The Hall–Kier alpha value is -1.96. The van der Waals surface area contributed by atoms with Crippen molar-refractivity contribution in [2.45, 2.75) is 97.5 Å². The third-order valence-electron chi connectivity index (χ3n) is 6.48. The first kappa shape index (κ1) is 33.1. The van der Waals surface area contributed by atoms with Gasteiger partial charge in [0.1, 0.15) is 6.61 Å². The molecule has 1 N–H and O–H groups in total. The van der Waals surface area contributed by atoms with Crippen LogP contribution in [-0.4, -0.2) is 62.8 Å². The van der Waals surface area contributed by atoms with Crippen LogP contribution in [0.1, 0.15) is 112 Å². The van der Waals surface area contributed by atoms with Gasteiger partial charge >= 0.3 is 11.9 Å². The molecule has 0 heterocycles. The van der Waals surface area contributed by atoms with Crippen molar-refractivity contribution in [1.29, 1.82) is 0 Å². The molecule has 7 heteroatoms. The third kappa shape index (κ3) is 15.8. The maximum atomic E-state index is 12.6. The molecule has 2 unspecified atom stereocenters. The fourth-order valence-electron chi connectivity index (χ4n) is 4.02. The van der Waals surface area contributed by atoms with E-state index in [-0.39, 0.29) is 23.8 Å². The van der Waals surface area contributed by atoms with E-state index in [9.17, 15) is 14.7 Å². The van der Waals surface area contributed by atoms with Gasteiger partial charge in [-0.05, 0) is 30.9 Å². The molecule has 7 nitrogen and oxygen atoms in total. The highest BCUT2D eigenvalue weighted by molar-refractivity contribution is 6.02. The van der Waals surface area contributed by atoms with E-state index in [1.807, 2.05) is 0 Å².